The Morgan fingerprint density at radius 1 is 1.08 bits per heavy atom. The van der Waals surface area contributed by atoms with E-state index >= 15 is 0 Å². The van der Waals surface area contributed by atoms with Crippen LogP contribution >= 0.6 is 0 Å². The van der Waals surface area contributed by atoms with E-state index in [-0.39, 0.29) is 11.6 Å². The summed E-state index contributed by atoms with van der Waals surface area (Å²) < 4.78 is 2.08. The van der Waals surface area contributed by atoms with E-state index in [1.165, 1.54) is 24.0 Å². The first-order chi connectivity index (χ1) is 18.0. The second-order valence-corrected chi connectivity index (χ2v) is 10.5. The van der Waals surface area contributed by atoms with E-state index in [0.717, 1.165) is 66.5 Å². The summed E-state index contributed by atoms with van der Waals surface area (Å²) in [6, 6.07) is 17.3. The molecule has 1 fully saturated rings. The van der Waals surface area contributed by atoms with Crippen molar-refractivity contribution in [1.82, 2.24) is 30.1 Å². The van der Waals surface area contributed by atoms with Crippen LogP contribution in [0.4, 0.5) is 0 Å². The first-order valence-electron chi connectivity index (χ1n) is 13.7. The van der Waals surface area contributed by atoms with Crippen molar-refractivity contribution < 1.29 is 0 Å². The molecular weight excluding hydrogens is 460 g/mol. The number of hydrogen-bond acceptors (Lipinski definition) is 5. The van der Waals surface area contributed by atoms with Crippen LogP contribution < -0.4 is 5.56 Å². The van der Waals surface area contributed by atoms with E-state index < -0.39 is 0 Å². The molecule has 0 spiro atoms. The molecule has 1 aliphatic rings. The monoisotopic (exact) mass is 498 g/mol. The molecule has 2 aromatic heterocycles. The summed E-state index contributed by atoms with van der Waals surface area (Å²) in [5, 5.41) is 14.3. The molecule has 0 saturated heterocycles. The Morgan fingerprint density at radius 3 is 2.59 bits per heavy atom. The molecule has 5 rings (SSSR count). The average molecular weight is 499 g/mol. The maximum atomic E-state index is 13.3. The van der Waals surface area contributed by atoms with Gasteiger partial charge in [-0.05, 0) is 72.7 Å². The highest BCUT2D eigenvalue weighted by Gasteiger charge is 2.30. The zero-order valence-electron chi connectivity index (χ0n) is 22.3. The van der Waals surface area contributed by atoms with Gasteiger partial charge >= 0.3 is 0 Å². The number of tetrazole rings is 1. The van der Waals surface area contributed by atoms with Crippen molar-refractivity contribution in [2.24, 2.45) is 0 Å². The summed E-state index contributed by atoms with van der Waals surface area (Å²) in [6.45, 7) is 7.72. The van der Waals surface area contributed by atoms with Crippen molar-refractivity contribution >= 4 is 10.9 Å². The van der Waals surface area contributed by atoms with Gasteiger partial charge < -0.3 is 4.98 Å². The topological polar surface area (TPSA) is 79.7 Å². The second-order valence-electron chi connectivity index (χ2n) is 10.5. The minimum Gasteiger partial charge on any atom is -0.321 e. The molecule has 2 heterocycles. The van der Waals surface area contributed by atoms with Crippen LogP contribution in [0.1, 0.15) is 85.6 Å². The van der Waals surface area contributed by atoms with E-state index in [1.807, 2.05) is 6.92 Å². The zero-order chi connectivity index (χ0) is 25.8. The van der Waals surface area contributed by atoms with Crippen LogP contribution in [-0.4, -0.2) is 36.6 Å². The number of pyridine rings is 1. The second kappa shape index (κ2) is 11.4. The van der Waals surface area contributed by atoms with Gasteiger partial charge in [0.1, 0.15) is 0 Å². The fourth-order valence-corrected chi connectivity index (χ4v) is 5.79. The molecule has 7 heteroatoms. The third-order valence-corrected chi connectivity index (χ3v) is 7.91. The van der Waals surface area contributed by atoms with Crippen molar-refractivity contribution in [3.8, 4) is 0 Å². The number of nitrogens with one attached hydrogen (secondary N) is 1. The van der Waals surface area contributed by atoms with Gasteiger partial charge in [-0.25, -0.2) is 4.68 Å². The zero-order valence-corrected chi connectivity index (χ0v) is 22.3. The summed E-state index contributed by atoms with van der Waals surface area (Å²) in [4.78, 5) is 18.9. The van der Waals surface area contributed by atoms with Crippen LogP contribution in [0, 0.1) is 13.8 Å². The quantitative estimate of drug-likeness (QED) is 0.297. The van der Waals surface area contributed by atoms with Gasteiger partial charge in [0.15, 0.2) is 5.82 Å². The highest BCUT2D eigenvalue weighted by molar-refractivity contribution is 5.85. The standard InChI is InChI=1S/C30H38N6O/c1-4-10-27(29-32-33-34-36(29)25-13-8-9-14-25)35(18-17-23-11-6-5-7-12-23)20-24-19-26-21(2)15-16-22(3)28(26)31-30(24)37/h5-7,11-12,15-16,19,25,27H,4,8-10,13-14,17-18,20H2,1-3H3,(H,31,37)/t27-/m1/s1. The Kier molecular flexibility index (Phi) is 7.79. The largest absolute Gasteiger partial charge is 0.321 e. The van der Waals surface area contributed by atoms with Crippen LogP contribution in [0.3, 0.4) is 0 Å². The lowest BCUT2D eigenvalue weighted by atomic mass is 10.0. The lowest BCUT2D eigenvalue weighted by Crippen LogP contribution is -2.35. The smallest absolute Gasteiger partial charge is 0.252 e. The number of nitrogens with zero attached hydrogens (tertiary/aromatic N) is 5. The SMILES string of the molecule is CCC[C@H](c1nnnn1C1CCCC1)N(CCc1ccccc1)Cc1cc2c(C)ccc(C)c2[nH]c1=O. The predicted molar refractivity (Wildman–Crippen MR) is 148 cm³/mol. The Balaban J connectivity index is 1.53. The van der Waals surface area contributed by atoms with Crippen LogP contribution in [0.25, 0.3) is 10.9 Å². The highest BCUT2D eigenvalue weighted by atomic mass is 16.1. The molecule has 194 valence electrons. The molecule has 0 unspecified atom stereocenters. The summed E-state index contributed by atoms with van der Waals surface area (Å²) in [7, 11) is 0. The summed E-state index contributed by atoms with van der Waals surface area (Å²) in [6.07, 6.45) is 7.56. The van der Waals surface area contributed by atoms with Crippen LogP contribution in [0.5, 0.6) is 0 Å². The van der Waals surface area contributed by atoms with Crippen LogP contribution in [-0.2, 0) is 13.0 Å². The van der Waals surface area contributed by atoms with Gasteiger partial charge in [-0.1, -0.05) is 68.7 Å². The van der Waals surface area contributed by atoms with Gasteiger partial charge in [0.05, 0.1) is 17.6 Å². The molecule has 37 heavy (non-hydrogen) atoms. The number of H-pyrrole nitrogens is 1. The van der Waals surface area contributed by atoms with E-state index in [4.69, 9.17) is 0 Å². The molecule has 1 N–H and O–H groups in total. The lowest BCUT2D eigenvalue weighted by molar-refractivity contribution is 0.163. The van der Waals surface area contributed by atoms with Crippen LogP contribution in [0.2, 0.25) is 0 Å². The van der Waals surface area contributed by atoms with Crippen LogP contribution in [0.15, 0.2) is 53.3 Å². The van der Waals surface area contributed by atoms with E-state index in [1.54, 1.807) is 0 Å². The molecule has 0 bridgehead atoms. The molecule has 1 aliphatic carbocycles. The van der Waals surface area contributed by atoms with Gasteiger partial charge in [0, 0.05) is 24.0 Å². The number of rotatable bonds is 10. The van der Waals surface area contributed by atoms with E-state index in [0.29, 0.717) is 12.6 Å². The summed E-state index contributed by atoms with van der Waals surface area (Å²) in [5.74, 6) is 0.936. The average Bonchev–Trinajstić information content (AvgIpc) is 3.61. The van der Waals surface area contributed by atoms with Gasteiger partial charge in [0.25, 0.3) is 5.56 Å². The molecule has 4 aromatic rings. The maximum absolute atomic E-state index is 13.3. The molecule has 0 radical (unpaired) electrons. The van der Waals surface area contributed by atoms with Gasteiger partial charge in [-0.15, -0.1) is 5.10 Å². The Hall–Kier alpha value is -3.32. The van der Waals surface area contributed by atoms with E-state index in [2.05, 4.69) is 92.5 Å². The van der Waals surface area contributed by atoms with Gasteiger partial charge in [-0.3, -0.25) is 9.69 Å². The third kappa shape index (κ3) is 5.52. The Bertz CT molecular complexity index is 1390. The fourth-order valence-electron chi connectivity index (χ4n) is 5.79. The number of hydrogen-bond donors (Lipinski definition) is 1. The molecule has 0 aliphatic heterocycles. The Labute approximate surface area is 218 Å². The fraction of sp³-hybridized carbons (Fsp3) is 0.467. The van der Waals surface area contributed by atoms with Crippen molar-refractivity contribution in [1.29, 1.82) is 0 Å². The molecule has 2 aromatic carbocycles. The molecule has 0 amide bonds. The first kappa shape index (κ1) is 25.3. The highest BCUT2D eigenvalue weighted by Crippen LogP contribution is 2.33. The lowest BCUT2D eigenvalue weighted by Gasteiger charge is -2.31. The minimum absolute atomic E-state index is 0.0171. The van der Waals surface area contributed by atoms with Crippen molar-refractivity contribution in [3.05, 3.63) is 87.0 Å². The summed E-state index contributed by atoms with van der Waals surface area (Å²) >= 11 is 0. The normalized spacial score (nSPS) is 15.1. The minimum atomic E-state index is -0.0171. The van der Waals surface area contributed by atoms with Crippen molar-refractivity contribution in [2.75, 3.05) is 6.54 Å². The Morgan fingerprint density at radius 2 is 1.84 bits per heavy atom. The number of aryl methyl sites for hydroxylation is 2. The predicted octanol–water partition coefficient (Wildman–Crippen LogP) is 5.83. The van der Waals surface area contributed by atoms with E-state index in [9.17, 15) is 4.79 Å². The molecular formula is C30H38N6O. The van der Waals surface area contributed by atoms with Crippen molar-refractivity contribution in [3.63, 3.8) is 0 Å². The number of aromatic amines is 1. The van der Waals surface area contributed by atoms with Gasteiger partial charge in [0.2, 0.25) is 0 Å². The molecule has 1 atom stereocenters. The molecule has 7 nitrogen and oxygen atoms in total. The summed E-state index contributed by atoms with van der Waals surface area (Å²) in [5.41, 5.74) is 5.25. The van der Waals surface area contributed by atoms with Gasteiger partial charge in [-0.2, -0.15) is 0 Å². The number of benzene rings is 2. The first-order valence-corrected chi connectivity index (χ1v) is 13.7. The number of fused-ring (bicyclic) bond motifs is 1. The maximum Gasteiger partial charge on any atom is 0.252 e. The third-order valence-electron chi connectivity index (χ3n) is 7.91. The number of aromatic nitrogens is 5. The van der Waals surface area contributed by atoms with Crippen molar-refractivity contribution in [2.45, 2.75) is 84.3 Å². The molecule has 1 saturated carbocycles.